The van der Waals surface area contributed by atoms with Gasteiger partial charge in [0.05, 0.1) is 6.04 Å². The van der Waals surface area contributed by atoms with Gasteiger partial charge in [0, 0.05) is 24.5 Å². The number of carbonyl (C=O) groups is 1. The Kier molecular flexibility index (Phi) is 3.88. The molecular formula is C18H21N3O3. The lowest BCUT2D eigenvalue weighted by Gasteiger charge is -2.29. The molecule has 6 heteroatoms. The molecule has 126 valence electrons. The van der Waals surface area contributed by atoms with Gasteiger partial charge in [-0.1, -0.05) is 12.1 Å². The zero-order valence-corrected chi connectivity index (χ0v) is 13.8. The van der Waals surface area contributed by atoms with Crippen LogP contribution in [0.5, 0.6) is 11.5 Å². The van der Waals surface area contributed by atoms with Gasteiger partial charge in [-0.2, -0.15) is 0 Å². The summed E-state index contributed by atoms with van der Waals surface area (Å²) < 4.78 is 13.4. The van der Waals surface area contributed by atoms with Crippen LogP contribution in [0.3, 0.4) is 0 Å². The van der Waals surface area contributed by atoms with Gasteiger partial charge >= 0.3 is 0 Å². The first kappa shape index (κ1) is 15.1. The van der Waals surface area contributed by atoms with E-state index in [2.05, 4.69) is 4.98 Å². The first-order valence-corrected chi connectivity index (χ1v) is 8.40. The summed E-state index contributed by atoms with van der Waals surface area (Å²) in [7, 11) is 0. The number of rotatable bonds is 3. The number of nitrogens with zero attached hydrogens (tertiary/aromatic N) is 3. The molecule has 1 saturated heterocycles. The fraction of sp³-hybridized carbons (Fsp3) is 0.444. The number of para-hydroxylation sites is 1. The van der Waals surface area contributed by atoms with Gasteiger partial charge in [-0.05, 0) is 25.8 Å². The van der Waals surface area contributed by atoms with Crippen molar-refractivity contribution in [3.05, 3.63) is 42.0 Å². The van der Waals surface area contributed by atoms with Gasteiger partial charge in [-0.3, -0.25) is 4.79 Å². The summed E-state index contributed by atoms with van der Waals surface area (Å²) in [5.41, 5.74) is 1.06. The normalized spacial score (nSPS) is 19.5. The van der Waals surface area contributed by atoms with E-state index in [0.29, 0.717) is 19.8 Å². The first-order chi connectivity index (χ1) is 11.7. The number of imidazole rings is 1. The Morgan fingerprint density at radius 1 is 1.33 bits per heavy atom. The predicted octanol–water partition coefficient (Wildman–Crippen LogP) is 2.33. The summed E-state index contributed by atoms with van der Waals surface area (Å²) in [5, 5.41) is 0. The lowest BCUT2D eigenvalue weighted by atomic mass is 10.0. The Labute approximate surface area is 141 Å². The van der Waals surface area contributed by atoms with Gasteiger partial charge in [-0.25, -0.2) is 4.98 Å². The van der Waals surface area contributed by atoms with E-state index in [9.17, 15) is 4.79 Å². The van der Waals surface area contributed by atoms with Crippen molar-refractivity contribution in [3.8, 4) is 11.5 Å². The zero-order chi connectivity index (χ0) is 16.5. The number of benzene rings is 1. The molecule has 24 heavy (non-hydrogen) atoms. The number of aromatic nitrogens is 2. The molecule has 0 saturated carbocycles. The molecule has 0 bridgehead atoms. The minimum atomic E-state index is 0.0537. The summed E-state index contributed by atoms with van der Waals surface area (Å²) >= 11 is 0. The summed E-state index contributed by atoms with van der Waals surface area (Å²) in [6, 6.07) is 6.00. The van der Waals surface area contributed by atoms with Crippen molar-refractivity contribution >= 4 is 5.91 Å². The van der Waals surface area contributed by atoms with Gasteiger partial charge in [0.15, 0.2) is 11.5 Å². The van der Waals surface area contributed by atoms with Crippen LogP contribution in [0, 0.1) is 6.92 Å². The number of carbonyl (C=O) groups excluding carboxylic acids is 1. The van der Waals surface area contributed by atoms with Gasteiger partial charge in [0.25, 0.3) is 0 Å². The van der Waals surface area contributed by atoms with Crippen molar-refractivity contribution in [1.82, 2.24) is 14.5 Å². The fourth-order valence-corrected chi connectivity index (χ4v) is 3.55. The molecule has 1 amide bonds. The Morgan fingerprint density at radius 3 is 3.04 bits per heavy atom. The summed E-state index contributed by atoms with van der Waals surface area (Å²) in [6.07, 6.45) is 5.53. The van der Waals surface area contributed by atoms with Gasteiger partial charge < -0.3 is 18.9 Å². The van der Waals surface area contributed by atoms with Crippen LogP contribution in [0.1, 0.15) is 30.3 Å². The molecule has 0 spiro atoms. The first-order valence-electron chi connectivity index (χ1n) is 8.40. The van der Waals surface area contributed by atoms with Crippen LogP contribution >= 0.6 is 0 Å². The summed E-state index contributed by atoms with van der Waals surface area (Å²) in [5.74, 6) is 2.55. The number of ether oxygens (including phenoxy) is 2. The van der Waals surface area contributed by atoms with E-state index in [4.69, 9.17) is 9.47 Å². The second-order valence-electron chi connectivity index (χ2n) is 6.22. The second kappa shape index (κ2) is 6.19. The number of likely N-dealkylation sites (tertiary alicyclic amines) is 1. The lowest BCUT2D eigenvalue weighted by molar-refractivity contribution is -0.132. The third-order valence-corrected chi connectivity index (χ3v) is 4.76. The maximum Gasteiger partial charge on any atom is 0.243 e. The minimum absolute atomic E-state index is 0.0537. The highest BCUT2D eigenvalue weighted by atomic mass is 16.6. The van der Waals surface area contributed by atoms with Crippen molar-refractivity contribution in [2.24, 2.45) is 0 Å². The van der Waals surface area contributed by atoms with Crippen molar-refractivity contribution < 1.29 is 14.3 Å². The number of hydrogen-bond acceptors (Lipinski definition) is 4. The molecule has 2 aliphatic heterocycles. The standard InChI is InChI=1S/C18H21N3O3/c1-13-19-7-9-20(13)12-17(22)21-8-3-5-15(21)14-4-2-6-16-18(14)24-11-10-23-16/h2,4,6-7,9,15H,3,5,8,10-12H2,1H3. The molecule has 0 N–H and O–H groups in total. The fourth-order valence-electron chi connectivity index (χ4n) is 3.55. The summed E-state index contributed by atoms with van der Waals surface area (Å²) in [6.45, 7) is 4.15. The maximum atomic E-state index is 12.8. The van der Waals surface area contributed by atoms with E-state index in [1.807, 2.05) is 40.8 Å². The van der Waals surface area contributed by atoms with Crippen molar-refractivity contribution in [2.45, 2.75) is 32.4 Å². The highest BCUT2D eigenvalue weighted by molar-refractivity contribution is 5.77. The van der Waals surface area contributed by atoms with E-state index in [-0.39, 0.29) is 11.9 Å². The van der Waals surface area contributed by atoms with Crippen LogP contribution in [0.25, 0.3) is 0 Å². The van der Waals surface area contributed by atoms with E-state index in [0.717, 1.165) is 42.3 Å². The zero-order valence-electron chi connectivity index (χ0n) is 13.8. The molecule has 0 aliphatic carbocycles. The van der Waals surface area contributed by atoms with Crippen molar-refractivity contribution in [3.63, 3.8) is 0 Å². The second-order valence-corrected chi connectivity index (χ2v) is 6.22. The van der Waals surface area contributed by atoms with Crippen LogP contribution in [0.4, 0.5) is 0 Å². The Bertz CT molecular complexity index is 756. The van der Waals surface area contributed by atoms with Gasteiger partial charge in [-0.15, -0.1) is 0 Å². The molecule has 1 unspecified atom stereocenters. The molecule has 1 aromatic carbocycles. The van der Waals surface area contributed by atoms with E-state index in [1.165, 1.54) is 0 Å². The van der Waals surface area contributed by atoms with E-state index < -0.39 is 0 Å². The Morgan fingerprint density at radius 2 is 2.21 bits per heavy atom. The van der Waals surface area contributed by atoms with Crippen LogP contribution < -0.4 is 9.47 Å². The van der Waals surface area contributed by atoms with Crippen LogP contribution in [0.15, 0.2) is 30.6 Å². The SMILES string of the molecule is Cc1nccn1CC(=O)N1CCCC1c1cccc2c1OCCO2. The molecule has 2 aromatic rings. The third-order valence-electron chi connectivity index (χ3n) is 4.76. The Balaban J connectivity index is 1.59. The quantitative estimate of drug-likeness (QED) is 0.868. The molecule has 3 heterocycles. The molecule has 1 aromatic heterocycles. The number of aryl methyl sites for hydroxylation is 1. The number of fused-ring (bicyclic) bond motifs is 1. The largest absolute Gasteiger partial charge is 0.486 e. The highest BCUT2D eigenvalue weighted by Crippen LogP contribution is 2.42. The molecule has 2 aliphatic rings. The maximum absolute atomic E-state index is 12.8. The van der Waals surface area contributed by atoms with Crippen molar-refractivity contribution in [1.29, 1.82) is 0 Å². The molecule has 1 fully saturated rings. The monoisotopic (exact) mass is 327 g/mol. The van der Waals surface area contributed by atoms with Gasteiger partial charge in [0.2, 0.25) is 5.91 Å². The van der Waals surface area contributed by atoms with Crippen molar-refractivity contribution in [2.75, 3.05) is 19.8 Å². The Hall–Kier alpha value is -2.50. The van der Waals surface area contributed by atoms with Gasteiger partial charge in [0.1, 0.15) is 25.6 Å². The van der Waals surface area contributed by atoms with Crippen LogP contribution in [0.2, 0.25) is 0 Å². The summed E-state index contributed by atoms with van der Waals surface area (Å²) in [4.78, 5) is 19.0. The molecule has 4 rings (SSSR count). The van der Waals surface area contributed by atoms with Crippen LogP contribution in [-0.4, -0.2) is 40.1 Å². The minimum Gasteiger partial charge on any atom is -0.486 e. The highest BCUT2D eigenvalue weighted by Gasteiger charge is 2.33. The average Bonchev–Trinajstić information content (AvgIpc) is 3.24. The lowest BCUT2D eigenvalue weighted by Crippen LogP contribution is -2.34. The molecule has 0 radical (unpaired) electrons. The average molecular weight is 327 g/mol. The molecule has 6 nitrogen and oxygen atoms in total. The smallest absolute Gasteiger partial charge is 0.243 e. The molecular weight excluding hydrogens is 306 g/mol. The van der Waals surface area contributed by atoms with E-state index in [1.54, 1.807) is 6.20 Å². The number of amides is 1. The third kappa shape index (κ3) is 2.62. The predicted molar refractivity (Wildman–Crippen MR) is 88.1 cm³/mol. The van der Waals surface area contributed by atoms with E-state index >= 15 is 0 Å². The number of hydrogen-bond donors (Lipinski definition) is 0. The molecule has 1 atom stereocenters. The van der Waals surface area contributed by atoms with Crippen LogP contribution in [-0.2, 0) is 11.3 Å². The topological polar surface area (TPSA) is 56.6 Å².